The van der Waals surface area contributed by atoms with E-state index in [9.17, 15) is 9.59 Å². The number of hydrogen-bond donors (Lipinski definition) is 1. The van der Waals surface area contributed by atoms with Gasteiger partial charge in [-0.3, -0.25) is 9.59 Å². The fourth-order valence-electron chi connectivity index (χ4n) is 3.98. The van der Waals surface area contributed by atoms with E-state index in [0.717, 1.165) is 16.5 Å². The van der Waals surface area contributed by atoms with Gasteiger partial charge in [0, 0.05) is 35.6 Å². The van der Waals surface area contributed by atoms with Gasteiger partial charge in [-0.05, 0) is 67.5 Å². The van der Waals surface area contributed by atoms with Gasteiger partial charge in [-0.1, -0.05) is 28.1 Å². The maximum absolute atomic E-state index is 12.8. The third kappa shape index (κ3) is 4.27. The van der Waals surface area contributed by atoms with E-state index in [1.807, 2.05) is 36.1 Å². The lowest BCUT2D eigenvalue weighted by atomic mass is 9.95. The fourth-order valence-corrected chi connectivity index (χ4v) is 4.24. The average Bonchev–Trinajstić information content (AvgIpc) is 3.49. The van der Waals surface area contributed by atoms with Crippen molar-refractivity contribution in [3.8, 4) is 0 Å². The Bertz CT molecular complexity index is 876. The van der Waals surface area contributed by atoms with Crippen LogP contribution in [0.3, 0.4) is 0 Å². The van der Waals surface area contributed by atoms with Crippen molar-refractivity contribution in [2.75, 3.05) is 18.4 Å². The van der Waals surface area contributed by atoms with Gasteiger partial charge in [0.2, 0.25) is 11.8 Å². The molecule has 1 saturated heterocycles. The molecule has 1 aromatic heterocycles. The number of piperidine rings is 1. The highest BCUT2D eigenvalue weighted by molar-refractivity contribution is 9.10. The van der Waals surface area contributed by atoms with Crippen LogP contribution in [0.1, 0.15) is 36.3 Å². The fraction of sp³-hybridized carbons (Fsp3) is 0.409. The first-order valence-electron chi connectivity index (χ1n) is 9.79. The zero-order valence-electron chi connectivity index (χ0n) is 15.9. The molecule has 1 aromatic carbocycles. The van der Waals surface area contributed by atoms with E-state index in [1.54, 1.807) is 6.20 Å². The average molecular weight is 442 g/mol. The number of carbonyl (C=O) groups is 2. The quantitative estimate of drug-likeness (QED) is 0.775. The third-order valence-corrected chi connectivity index (χ3v) is 6.28. The van der Waals surface area contributed by atoms with Gasteiger partial charge in [-0.2, -0.15) is 0 Å². The Morgan fingerprint density at radius 1 is 1.14 bits per heavy atom. The van der Waals surface area contributed by atoms with Gasteiger partial charge < -0.3 is 10.2 Å². The SMILES string of the molecule is Cc1ccnc(NC(=O)C2CCN(C(=O)C3CC3c3ccc(Br)cc3)CC2)c1. The number of benzene rings is 1. The van der Waals surface area contributed by atoms with E-state index < -0.39 is 0 Å². The second-order valence-electron chi connectivity index (χ2n) is 7.81. The van der Waals surface area contributed by atoms with Gasteiger partial charge in [0.25, 0.3) is 0 Å². The number of anilines is 1. The Labute approximate surface area is 173 Å². The largest absolute Gasteiger partial charge is 0.342 e. The van der Waals surface area contributed by atoms with Crippen molar-refractivity contribution in [1.82, 2.24) is 9.88 Å². The van der Waals surface area contributed by atoms with Crippen LogP contribution in [0, 0.1) is 18.8 Å². The minimum absolute atomic E-state index is 0.00404. The third-order valence-electron chi connectivity index (χ3n) is 5.75. The number of nitrogens with one attached hydrogen (secondary N) is 1. The summed E-state index contributed by atoms with van der Waals surface area (Å²) < 4.78 is 1.06. The van der Waals surface area contributed by atoms with E-state index in [4.69, 9.17) is 0 Å². The molecule has 0 bridgehead atoms. The van der Waals surface area contributed by atoms with Crippen molar-refractivity contribution in [3.63, 3.8) is 0 Å². The normalized spacial score (nSPS) is 22.0. The summed E-state index contributed by atoms with van der Waals surface area (Å²) >= 11 is 3.45. The smallest absolute Gasteiger partial charge is 0.228 e. The van der Waals surface area contributed by atoms with Gasteiger partial charge in [0.15, 0.2) is 0 Å². The van der Waals surface area contributed by atoms with Gasteiger partial charge in [-0.15, -0.1) is 0 Å². The summed E-state index contributed by atoms with van der Waals surface area (Å²) in [6.45, 7) is 3.28. The summed E-state index contributed by atoms with van der Waals surface area (Å²) in [4.78, 5) is 31.5. The number of pyridine rings is 1. The summed E-state index contributed by atoms with van der Waals surface area (Å²) in [5, 5.41) is 2.91. The topological polar surface area (TPSA) is 62.3 Å². The van der Waals surface area contributed by atoms with Crippen LogP contribution in [0.4, 0.5) is 5.82 Å². The molecule has 1 aliphatic heterocycles. The Morgan fingerprint density at radius 3 is 2.54 bits per heavy atom. The Balaban J connectivity index is 1.27. The highest BCUT2D eigenvalue weighted by atomic mass is 79.9. The highest BCUT2D eigenvalue weighted by Crippen LogP contribution is 2.48. The Hall–Kier alpha value is -2.21. The van der Waals surface area contributed by atoms with Gasteiger partial charge in [-0.25, -0.2) is 4.98 Å². The molecule has 2 aliphatic rings. The van der Waals surface area contributed by atoms with Crippen LogP contribution in [0.25, 0.3) is 0 Å². The van der Waals surface area contributed by atoms with E-state index in [1.165, 1.54) is 5.56 Å². The number of hydrogen-bond acceptors (Lipinski definition) is 3. The molecule has 146 valence electrons. The van der Waals surface area contributed by atoms with Crippen molar-refractivity contribution in [3.05, 3.63) is 58.2 Å². The minimum atomic E-state index is -0.0622. The van der Waals surface area contributed by atoms with Gasteiger partial charge in [0.05, 0.1) is 0 Å². The molecule has 2 amide bonds. The van der Waals surface area contributed by atoms with E-state index in [2.05, 4.69) is 38.4 Å². The van der Waals surface area contributed by atoms with Crippen LogP contribution >= 0.6 is 15.9 Å². The van der Waals surface area contributed by atoms with Crippen LogP contribution in [0.5, 0.6) is 0 Å². The number of aryl methyl sites for hydroxylation is 1. The molecule has 4 rings (SSSR count). The van der Waals surface area contributed by atoms with Crippen LogP contribution in [0.2, 0.25) is 0 Å². The monoisotopic (exact) mass is 441 g/mol. The summed E-state index contributed by atoms with van der Waals surface area (Å²) in [7, 11) is 0. The lowest BCUT2D eigenvalue weighted by molar-refractivity contribution is -0.135. The van der Waals surface area contributed by atoms with Crippen molar-refractivity contribution < 1.29 is 9.59 Å². The molecule has 0 spiro atoms. The summed E-state index contributed by atoms with van der Waals surface area (Å²) in [5.41, 5.74) is 2.30. The maximum atomic E-state index is 12.8. The molecule has 1 saturated carbocycles. The lowest BCUT2D eigenvalue weighted by Crippen LogP contribution is -2.42. The zero-order chi connectivity index (χ0) is 19.7. The molecule has 2 heterocycles. The molecular formula is C22H24BrN3O2. The minimum Gasteiger partial charge on any atom is -0.342 e. The maximum Gasteiger partial charge on any atom is 0.228 e. The molecule has 6 heteroatoms. The number of halogens is 1. The van der Waals surface area contributed by atoms with Crippen molar-refractivity contribution in [1.29, 1.82) is 0 Å². The molecule has 28 heavy (non-hydrogen) atoms. The lowest BCUT2D eigenvalue weighted by Gasteiger charge is -2.31. The van der Waals surface area contributed by atoms with Crippen molar-refractivity contribution in [2.45, 2.75) is 32.1 Å². The van der Waals surface area contributed by atoms with Gasteiger partial charge >= 0.3 is 0 Å². The molecule has 2 fully saturated rings. The van der Waals surface area contributed by atoms with Crippen LogP contribution in [-0.2, 0) is 9.59 Å². The highest BCUT2D eigenvalue weighted by Gasteiger charge is 2.46. The summed E-state index contributed by atoms with van der Waals surface area (Å²) in [6, 6.07) is 12.0. The number of carbonyl (C=O) groups excluding carboxylic acids is 2. The molecule has 2 unspecified atom stereocenters. The molecule has 2 aromatic rings. The van der Waals surface area contributed by atoms with Crippen molar-refractivity contribution in [2.24, 2.45) is 11.8 Å². The van der Waals surface area contributed by atoms with E-state index >= 15 is 0 Å². The molecule has 0 radical (unpaired) electrons. The molecule has 1 aliphatic carbocycles. The standard InChI is InChI=1S/C22H24BrN3O2/c1-14-6-9-24-20(12-14)25-21(27)16-7-10-26(11-8-16)22(28)19-13-18(19)15-2-4-17(23)5-3-15/h2-6,9,12,16,18-19H,7-8,10-11,13H2,1H3,(H,24,25,27). The molecule has 2 atom stereocenters. The summed E-state index contributed by atoms with van der Waals surface area (Å²) in [5.74, 6) is 1.22. The first-order chi connectivity index (χ1) is 13.5. The van der Waals surface area contributed by atoms with Gasteiger partial charge in [0.1, 0.15) is 5.82 Å². The van der Waals surface area contributed by atoms with Crippen LogP contribution in [-0.4, -0.2) is 34.8 Å². The van der Waals surface area contributed by atoms with Crippen LogP contribution < -0.4 is 5.32 Å². The molecule has 5 nitrogen and oxygen atoms in total. The first-order valence-corrected chi connectivity index (χ1v) is 10.6. The number of likely N-dealkylation sites (tertiary alicyclic amines) is 1. The van der Waals surface area contributed by atoms with E-state index in [0.29, 0.717) is 37.7 Å². The zero-order valence-corrected chi connectivity index (χ0v) is 17.5. The van der Waals surface area contributed by atoms with Crippen molar-refractivity contribution >= 4 is 33.6 Å². The molecule has 1 N–H and O–H groups in total. The number of aromatic nitrogens is 1. The second kappa shape index (κ2) is 8.03. The van der Waals surface area contributed by atoms with Crippen LogP contribution in [0.15, 0.2) is 47.1 Å². The number of amides is 2. The number of nitrogens with zero attached hydrogens (tertiary/aromatic N) is 2. The predicted octanol–water partition coefficient (Wildman–Crippen LogP) is 4.13. The Morgan fingerprint density at radius 2 is 1.86 bits per heavy atom. The molecular weight excluding hydrogens is 418 g/mol. The number of rotatable bonds is 4. The Kier molecular flexibility index (Phi) is 5.49. The van der Waals surface area contributed by atoms with E-state index in [-0.39, 0.29) is 23.7 Å². The second-order valence-corrected chi connectivity index (χ2v) is 8.72. The summed E-state index contributed by atoms with van der Waals surface area (Å²) in [6.07, 6.45) is 4.04. The predicted molar refractivity (Wildman–Crippen MR) is 112 cm³/mol. The first kappa shape index (κ1) is 19.1.